The van der Waals surface area contributed by atoms with Gasteiger partial charge in [0.25, 0.3) is 0 Å². The molecule has 0 rings (SSSR count). The van der Waals surface area contributed by atoms with Crippen LogP contribution in [0.4, 0.5) is 0 Å². The Hall–Kier alpha value is -0.120. The van der Waals surface area contributed by atoms with Crippen LogP contribution in [0.5, 0.6) is 0 Å². The van der Waals surface area contributed by atoms with Gasteiger partial charge in [-0.1, -0.05) is 0 Å². The molecule has 0 aromatic carbocycles. The van der Waals surface area contributed by atoms with Crippen molar-refractivity contribution in [1.82, 2.24) is 5.32 Å². The largest absolute Gasteiger partial charge is 0.395 e. The van der Waals surface area contributed by atoms with Crippen LogP contribution >= 0.6 is 0 Å². The summed E-state index contributed by atoms with van der Waals surface area (Å²) in [5.74, 6) is 0. The lowest BCUT2D eigenvalue weighted by molar-refractivity contribution is 0.145. The molecule has 3 nitrogen and oxygen atoms in total. The Bertz CT molecular complexity index is 38.7. The van der Waals surface area contributed by atoms with Crippen molar-refractivity contribution in [3.8, 4) is 0 Å². The minimum atomic E-state index is -0.507. The van der Waals surface area contributed by atoms with Crippen molar-refractivity contribution in [2.75, 3.05) is 13.2 Å². The smallest absolute Gasteiger partial charge is 0.102 e. The molecular weight excluding hydrogens is 94.0 g/mol. The van der Waals surface area contributed by atoms with Gasteiger partial charge in [-0.2, -0.15) is 0 Å². The third kappa shape index (κ3) is 5.88. The molecule has 3 heteroatoms. The maximum Gasteiger partial charge on any atom is 0.102 e. The van der Waals surface area contributed by atoms with Crippen molar-refractivity contribution in [2.45, 2.75) is 13.2 Å². The van der Waals surface area contributed by atoms with E-state index < -0.39 is 6.23 Å². The first-order valence-electron chi connectivity index (χ1n) is 2.29. The molecular formula is C4H11NO2. The third-order valence-electron chi connectivity index (χ3n) is 0.552. The molecule has 0 bridgehead atoms. The van der Waals surface area contributed by atoms with Crippen molar-refractivity contribution in [3.63, 3.8) is 0 Å². The van der Waals surface area contributed by atoms with Crippen molar-refractivity contribution in [1.29, 1.82) is 0 Å². The second kappa shape index (κ2) is 4.05. The van der Waals surface area contributed by atoms with E-state index in [4.69, 9.17) is 10.2 Å². The molecule has 0 amide bonds. The number of aliphatic hydroxyl groups is 2. The maximum atomic E-state index is 8.46. The number of aliphatic hydroxyl groups excluding tert-OH is 2. The van der Waals surface area contributed by atoms with Crippen LogP contribution in [-0.4, -0.2) is 29.6 Å². The molecule has 0 aromatic heterocycles. The lowest BCUT2D eigenvalue weighted by atomic mass is 10.6. The first kappa shape index (κ1) is 6.88. The molecule has 0 radical (unpaired) electrons. The standard InChI is InChI=1S/C4H11NO2/c1-4(7)5-2-3-6/h4-7H,2-3H2,1H3/t4-/m1/s1. The highest BCUT2D eigenvalue weighted by atomic mass is 16.3. The van der Waals surface area contributed by atoms with Gasteiger partial charge in [-0.05, 0) is 6.92 Å². The van der Waals surface area contributed by atoms with E-state index in [-0.39, 0.29) is 6.61 Å². The van der Waals surface area contributed by atoms with Gasteiger partial charge in [-0.25, -0.2) is 0 Å². The number of hydrogen-bond acceptors (Lipinski definition) is 3. The SMILES string of the molecule is C[C@@H](O)NCCO. The van der Waals surface area contributed by atoms with Crippen LogP contribution in [0, 0.1) is 0 Å². The zero-order chi connectivity index (χ0) is 5.70. The van der Waals surface area contributed by atoms with E-state index >= 15 is 0 Å². The molecule has 0 spiro atoms. The van der Waals surface area contributed by atoms with E-state index in [0.717, 1.165) is 0 Å². The highest BCUT2D eigenvalue weighted by Crippen LogP contribution is 1.66. The van der Waals surface area contributed by atoms with Crippen LogP contribution in [0.1, 0.15) is 6.92 Å². The number of rotatable bonds is 3. The average Bonchev–Trinajstić information content (AvgIpc) is 1.61. The minimum Gasteiger partial charge on any atom is -0.395 e. The third-order valence-corrected chi connectivity index (χ3v) is 0.552. The molecule has 3 N–H and O–H groups in total. The Kier molecular flexibility index (Phi) is 3.98. The summed E-state index contributed by atoms with van der Waals surface area (Å²) in [5, 5.41) is 19.2. The quantitative estimate of drug-likeness (QED) is 0.400. The number of nitrogens with one attached hydrogen (secondary N) is 1. The molecule has 0 heterocycles. The molecule has 7 heavy (non-hydrogen) atoms. The van der Waals surface area contributed by atoms with Gasteiger partial charge in [0, 0.05) is 6.54 Å². The Morgan fingerprint density at radius 3 is 2.43 bits per heavy atom. The fraction of sp³-hybridized carbons (Fsp3) is 1.00. The normalized spacial score (nSPS) is 14.1. The van der Waals surface area contributed by atoms with Crippen molar-refractivity contribution in [3.05, 3.63) is 0 Å². The van der Waals surface area contributed by atoms with E-state index in [1.54, 1.807) is 6.92 Å². The van der Waals surface area contributed by atoms with Crippen LogP contribution in [0.2, 0.25) is 0 Å². The molecule has 0 aliphatic heterocycles. The average molecular weight is 105 g/mol. The Labute approximate surface area is 43.0 Å². The van der Waals surface area contributed by atoms with Gasteiger partial charge in [0.15, 0.2) is 0 Å². The second-order valence-electron chi connectivity index (χ2n) is 1.35. The summed E-state index contributed by atoms with van der Waals surface area (Å²) in [6.45, 7) is 2.14. The lowest BCUT2D eigenvalue weighted by Gasteiger charge is -2.02. The molecule has 0 fully saturated rings. The van der Waals surface area contributed by atoms with E-state index in [1.165, 1.54) is 0 Å². The summed E-state index contributed by atoms with van der Waals surface area (Å²) in [4.78, 5) is 0. The fourth-order valence-electron chi connectivity index (χ4n) is 0.273. The zero-order valence-electron chi connectivity index (χ0n) is 4.39. The van der Waals surface area contributed by atoms with Crippen molar-refractivity contribution < 1.29 is 10.2 Å². The van der Waals surface area contributed by atoms with Gasteiger partial charge in [0.2, 0.25) is 0 Å². The van der Waals surface area contributed by atoms with E-state index in [0.29, 0.717) is 6.54 Å². The molecule has 1 atom stereocenters. The summed E-state index contributed by atoms with van der Waals surface area (Å²) < 4.78 is 0. The van der Waals surface area contributed by atoms with Crippen molar-refractivity contribution >= 4 is 0 Å². The van der Waals surface area contributed by atoms with Crippen LogP contribution in [0.25, 0.3) is 0 Å². The molecule has 0 saturated heterocycles. The highest BCUT2D eigenvalue weighted by molar-refractivity contribution is 4.41. The van der Waals surface area contributed by atoms with Crippen molar-refractivity contribution in [2.24, 2.45) is 0 Å². The summed E-state index contributed by atoms with van der Waals surface area (Å²) in [6.07, 6.45) is -0.507. The summed E-state index contributed by atoms with van der Waals surface area (Å²) >= 11 is 0. The van der Waals surface area contributed by atoms with E-state index in [2.05, 4.69) is 5.32 Å². The van der Waals surface area contributed by atoms with Gasteiger partial charge in [0.1, 0.15) is 6.23 Å². The first-order chi connectivity index (χ1) is 3.27. The first-order valence-corrected chi connectivity index (χ1v) is 2.29. The van der Waals surface area contributed by atoms with Gasteiger partial charge >= 0.3 is 0 Å². The van der Waals surface area contributed by atoms with Crippen LogP contribution in [0.3, 0.4) is 0 Å². The molecule has 44 valence electrons. The summed E-state index contributed by atoms with van der Waals surface area (Å²) in [6, 6.07) is 0. The topological polar surface area (TPSA) is 52.5 Å². The molecule has 0 saturated carbocycles. The van der Waals surface area contributed by atoms with Gasteiger partial charge < -0.3 is 10.2 Å². The van der Waals surface area contributed by atoms with Gasteiger partial charge in [-0.3, -0.25) is 5.32 Å². The number of hydrogen-bond donors (Lipinski definition) is 3. The zero-order valence-corrected chi connectivity index (χ0v) is 4.39. The molecule has 0 aromatic rings. The Morgan fingerprint density at radius 2 is 2.29 bits per heavy atom. The Morgan fingerprint density at radius 1 is 1.71 bits per heavy atom. The molecule has 0 aliphatic rings. The van der Waals surface area contributed by atoms with E-state index in [1.807, 2.05) is 0 Å². The predicted octanol–water partition coefficient (Wildman–Crippen LogP) is -1.09. The second-order valence-corrected chi connectivity index (χ2v) is 1.35. The predicted molar refractivity (Wildman–Crippen MR) is 26.8 cm³/mol. The van der Waals surface area contributed by atoms with Crippen LogP contribution in [-0.2, 0) is 0 Å². The van der Waals surface area contributed by atoms with E-state index in [9.17, 15) is 0 Å². The Balaban J connectivity index is 2.68. The summed E-state index contributed by atoms with van der Waals surface area (Å²) in [5.41, 5.74) is 0. The monoisotopic (exact) mass is 105 g/mol. The molecule has 0 unspecified atom stereocenters. The highest BCUT2D eigenvalue weighted by Gasteiger charge is 1.87. The van der Waals surface area contributed by atoms with Gasteiger partial charge in [0.05, 0.1) is 6.61 Å². The maximum absolute atomic E-state index is 8.46. The van der Waals surface area contributed by atoms with Crippen LogP contribution < -0.4 is 5.32 Å². The van der Waals surface area contributed by atoms with Crippen LogP contribution in [0.15, 0.2) is 0 Å². The minimum absolute atomic E-state index is 0.0743. The summed E-state index contributed by atoms with van der Waals surface area (Å²) in [7, 11) is 0. The van der Waals surface area contributed by atoms with Gasteiger partial charge in [-0.15, -0.1) is 0 Å². The fourth-order valence-corrected chi connectivity index (χ4v) is 0.273. The lowest BCUT2D eigenvalue weighted by Crippen LogP contribution is -2.27. The molecule has 0 aliphatic carbocycles.